The van der Waals surface area contributed by atoms with Crippen LogP contribution in [0.3, 0.4) is 0 Å². The molecule has 0 aliphatic rings. The van der Waals surface area contributed by atoms with Gasteiger partial charge >= 0.3 is 0 Å². The van der Waals surface area contributed by atoms with Crippen molar-refractivity contribution in [3.05, 3.63) is 58.5 Å². The van der Waals surface area contributed by atoms with E-state index in [0.29, 0.717) is 12.3 Å². The topological polar surface area (TPSA) is 45.4 Å². The van der Waals surface area contributed by atoms with Gasteiger partial charge in [0.05, 0.1) is 6.26 Å². The molecule has 0 saturated heterocycles. The SMILES string of the molecule is Cc1cc(C)c(CNCC(O)c2ccco2)cc1C. The van der Waals surface area contributed by atoms with E-state index in [-0.39, 0.29) is 0 Å². The van der Waals surface area contributed by atoms with Crippen molar-refractivity contribution >= 4 is 0 Å². The van der Waals surface area contributed by atoms with Crippen molar-refractivity contribution in [2.45, 2.75) is 33.4 Å². The van der Waals surface area contributed by atoms with Crippen molar-refractivity contribution < 1.29 is 9.52 Å². The molecule has 1 aromatic carbocycles. The Labute approximate surface area is 114 Å². The van der Waals surface area contributed by atoms with E-state index >= 15 is 0 Å². The number of furan rings is 1. The van der Waals surface area contributed by atoms with E-state index in [1.165, 1.54) is 22.3 Å². The number of aliphatic hydroxyl groups is 1. The van der Waals surface area contributed by atoms with Crippen LogP contribution in [0, 0.1) is 20.8 Å². The summed E-state index contributed by atoms with van der Waals surface area (Å²) in [5.41, 5.74) is 5.17. The largest absolute Gasteiger partial charge is 0.467 e. The first-order chi connectivity index (χ1) is 9.08. The van der Waals surface area contributed by atoms with Crippen molar-refractivity contribution in [1.29, 1.82) is 0 Å². The van der Waals surface area contributed by atoms with Crippen LogP contribution in [0.15, 0.2) is 34.9 Å². The lowest BCUT2D eigenvalue weighted by atomic mass is 10.0. The Kier molecular flexibility index (Phi) is 4.40. The summed E-state index contributed by atoms with van der Waals surface area (Å²) in [4.78, 5) is 0. The van der Waals surface area contributed by atoms with Gasteiger partial charge in [0.1, 0.15) is 11.9 Å². The Bertz CT molecular complexity index is 532. The van der Waals surface area contributed by atoms with Crippen LogP contribution in [0.1, 0.15) is 34.1 Å². The minimum absolute atomic E-state index is 0.486. The maximum absolute atomic E-state index is 9.90. The van der Waals surface area contributed by atoms with E-state index in [9.17, 15) is 5.11 Å². The van der Waals surface area contributed by atoms with Crippen molar-refractivity contribution in [3.8, 4) is 0 Å². The minimum Gasteiger partial charge on any atom is -0.467 e. The molecule has 2 rings (SSSR count). The summed E-state index contributed by atoms with van der Waals surface area (Å²) in [7, 11) is 0. The molecule has 0 amide bonds. The van der Waals surface area contributed by atoms with Gasteiger partial charge in [0.25, 0.3) is 0 Å². The van der Waals surface area contributed by atoms with Gasteiger partial charge in [-0.15, -0.1) is 0 Å². The number of aryl methyl sites for hydroxylation is 3. The number of hydrogen-bond acceptors (Lipinski definition) is 3. The summed E-state index contributed by atoms with van der Waals surface area (Å²) in [5, 5.41) is 13.2. The fraction of sp³-hybridized carbons (Fsp3) is 0.375. The highest BCUT2D eigenvalue weighted by atomic mass is 16.4. The third kappa shape index (κ3) is 3.46. The Morgan fingerprint density at radius 3 is 2.58 bits per heavy atom. The van der Waals surface area contributed by atoms with Crippen LogP contribution in [0.25, 0.3) is 0 Å². The fourth-order valence-electron chi connectivity index (χ4n) is 2.14. The first-order valence-corrected chi connectivity index (χ1v) is 6.57. The molecule has 2 N–H and O–H groups in total. The van der Waals surface area contributed by atoms with E-state index in [4.69, 9.17) is 4.42 Å². The van der Waals surface area contributed by atoms with Crippen molar-refractivity contribution in [1.82, 2.24) is 5.32 Å². The van der Waals surface area contributed by atoms with Gasteiger partial charge in [-0.3, -0.25) is 0 Å². The number of nitrogens with one attached hydrogen (secondary N) is 1. The Hall–Kier alpha value is -1.58. The molecule has 0 fully saturated rings. The molecule has 3 heteroatoms. The zero-order chi connectivity index (χ0) is 13.8. The van der Waals surface area contributed by atoms with Gasteiger partial charge in [-0.05, 0) is 55.2 Å². The monoisotopic (exact) mass is 259 g/mol. The first-order valence-electron chi connectivity index (χ1n) is 6.57. The molecule has 0 bridgehead atoms. The average molecular weight is 259 g/mol. The van der Waals surface area contributed by atoms with Gasteiger partial charge in [0, 0.05) is 13.1 Å². The summed E-state index contributed by atoms with van der Waals surface area (Å²) in [5.74, 6) is 0.601. The van der Waals surface area contributed by atoms with Gasteiger partial charge in [0.2, 0.25) is 0 Å². The molecule has 102 valence electrons. The maximum Gasteiger partial charge on any atom is 0.133 e. The smallest absolute Gasteiger partial charge is 0.133 e. The Morgan fingerprint density at radius 2 is 1.89 bits per heavy atom. The molecular weight excluding hydrogens is 238 g/mol. The van der Waals surface area contributed by atoms with E-state index in [2.05, 4.69) is 38.2 Å². The highest BCUT2D eigenvalue weighted by Gasteiger charge is 2.10. The molecule has 1 heterocycles. The second-order valence-corrected chi connectivity index (χ2v) is 5.03. The molecular formula is C16H21NO2. The highest BCUT2D eigenvalue weighted by molar-refractivity contribution is 5.36. The minimum atomic E-state index is -0.596. The zero-order valence-corrected chi connectivity index (χ0v) is 11.7. The number of benzene rings is 1. The summed E-state index contributed by atoms with van der Waals surface area (Å²) in [6.45, 7) is 7.60. The van der Waals surface area contributed by atoms with Crippen molar-refractivity contribution in [2.75, 3.05) is 6.54 Å². The fourth-order valence-corrected chi connectivity index (χ4v) is 2.14. The third-order valence-corrected chi connectivity index (χ3v) is 3.48. The van der Waals surface area contributed by atoms with Crippen LogP contribution >= 0.6 is 0 Å². The van der Waals surface area contributed by atoms with Gasteiger partial charge in [-0.1, -0.05) is 12.1 Å². The van der Waals surface area contributed by atoms with Gasteiger partial charge in [-0.2, -0.15) is 0 Å². The van der Waals surface area contributed by atoms with Crippen molar-refractivity contribution in [3.63, 3.8) is 0 Å². The van der Waals surface area contributed by atoms with E-state index in [0.717, 1.165) is 6.54 Å². The Balaban J connectivity index is 1.91. The number of rotatable bonds is 5. The summed E-state index contributed by atoms with van der Waals surface area (Å²) < 4.78 is 5.17. The standard InChI is InChI=1S/C16H21NO2/c1-11-7-13(3)14(8-12(11)2)9-17-10-15(18)16-5-4-6-19-16/h4-8,15,17-18H,9-10H2,1-3H3. The van der Waals surface area contributed by atoms with Gasteiger partial charge in [-0.25, -0.2) is 0 Å². The van der Waals surface area contributed by atoms with E-state index < -0.39 is 6.10 Å². The molecule has 0 aliphatic heterocycles. The maximum atomic E-state index is 9.90. The second-order valence-electron chi connectivity index (χ2n) is 5.03. The molecule has 1 atom stereocenters. The lowest BCUT2D eigenvalue weighted by Crippen LogP contribution is -2.21. The zero-order valence-electron chi connectivity index (χ0n) is 11.7. The second kappa shape index (κ2) is 6.04. The molecule has 0 aliphatic carbocycles. The van der Waals surface area contributed by atoms with Crippen LogP contribution in [0.5, 0.6) is 0 Å². The number of hydrogen-bond donors (Lipinski definition) is 2. The average Bonchev–Trinajstić information content (AvgIpc) is 2.89. The predicted molar refractivity (Wildman–Crippen MR) is 76.0 cm³/mol. The van der Waals surface area contributed by atoms with E-state index in [1.807, 2.05) is 0 Å². The summed E-state index contributed by atoms with van der Waals surface area (Å²) >= 11 is 0. The Morgan fingerprint density at radius 1 is 1.16 bits per heavy atom. The molecule has 0 radical (unpaired) electrons. The molecule has 1 aromatic heterocycles. The summed E-state index contributed by atoms with van der Waals surface area (Å²) in [6.07, 6.45) is 0.980. The van der Waals surface area contributed by atoms with E-state index in [1.54, 1.807) is 18.4 Å². The molecule has 19 heavy (non-hydrogen) atoms. The van der Waals surface area contributed by atoms with Gasteiger partial charge in [0.15, 0.2) is 0 Å². The van der Waals surface area contributed by atoms with Gasteiger partial charge < -0.3 is 14.8 Å². The van der Waals surface area contributed by atoms with Crippen LogP contribution in [0.4, 0.5) is 0 Å². The van der Waals surface area contributed by atoms with Crippen LogP contribution < -0.4 is 5.32 Å². The van der Waals surface area contributed by atoms with Crippen molar-refractivity contribution in [2.24, 2.45) is 0 Å². The molecule has 2 aromatic rings. The molecule has 3 nitrogen and oxygen atoms in total. The molecule has 0 spiro atoms. The quantitative estimate of drug-likeness (QED) is 0.867. The van der Waals surface area contributed by atoms with Crippen LogP contribution in [0.2, 0.25) is 0 Å². The molecule has 0 saturated carbocycles. The lowest BCUT2D eigenvalue weighted by Gasteiger charge is -2.13. The third-order valence-electron chi connectivity index (χ3n) is 3.48. The van der Waals surface area contributed by atoms with Crippen LogP contribution in [-0.2, 0) is 6.54 Å². The summed E-state index contributed by atoms with van der Waals surface area (Å²) in [6, 6.07) is 7.98. The number of aliphatic hydroxyl groups excluding tert-OH is 1. The lowest BCUT2D eigenvalue weighted by molar-refractivity contribution is 0.147. The highest BCUT2D eigenvalue weighted by Crippen LogP contribution is 2.16. The first kappa shape index (κ1) is 13.8. The van der Waals surface area contributed by atoms with Crippen LogP contribution in [-0.4, -0.2) is 11.7 Å². The molecule has 1 unspecified atom stereocenters. The normalized spacial score (nSPS) is 12.6. The predicted octanol–water partition coefficient (Wildman–Crippen LogP) is 3.03.